The Kier molecular flexibility index (Phi) is 3.65. The molecule has 1 saturated heterocycles. The molecule has 0 spiro atoms. The van der Waals surface area contributed by atoms with Crippen molar-refractivity contribution in [3.05, 3.63) is 29.6 Å². The summed E-state index contributed by atoms with van der Waals surface area (Å²) in [6.45, 7) is 8.35. The maximum absolute atomic E-state index is 4.43. The fourth-order valence-corrected chi connectivity index (χ4v) is 3.50. The predicted molar refractivity (Wildman–Crippen MR) is 82.8 cm³/mol. The summed E-state index contributed by atoms with van der Waals surface area (Å²) in [5.74, 6) is 2.89. The lowest BCUT2D eigenvalue weighted by molar-refractivity contribution is 0.741. The molecule has 0 amide bonds. The largest absolute Gasteiger partial charge is 0.353 e. The summed E-state index contributed by atoms with van der Waals surface area (Å²) in [6, 6.07) is 6.08. The summed E-state index contributed by atoms with van der Waals surface area (Å²) < 4.78 is 1.83. The van der Waals surface area contributed by atoms with Crippen molar-refractivity contribution < 1.29 is 0 Å². The molecule has 2 aromatic rings. The predicted octanol–water partition coefficient (Wildman–Crippen LogP) is 2.22. The number of thioether (sulfide) groups is 1. The Balaban J connectivity index is 1.82. The van der Waals surface area contributed by atoms with Crippen LogP contribution < -0.4 is 4.90 Å². The maximum Gasteiger partial charge on any atom is 0.176 e. The van der Waals surface area contributed by atoms with E-state index in [2.05, 4.69) is 27.1 Å². The second-order valence-electron chi connectivity index (χ2n) is 5.22. The summed E-state index contributed by atoms with van der Waals surface area (Å²) in [4.78, 5) is 2.30. The molecule has 1 aliphatic heterocycles. The molecular weight excluding hydrogens is 270 g/mol. The summed E-state index contributed by atoms with van der Waals surface area (Å²) in [5.41, 5.74) is 2.07. The highest BCUT2D eigenvalue weighted by Crippen LogP contribution is 2.22. The van der Waals surface area contributed by atoms with Crippen molar-refractivity contribution in [3.8, 4) is 5.82 Å². The second-order valence-corrected chi connectivity index (χ2v) is 6.76. The Morgan fingerprint density at radius 1 is 1.20 bits per heavy atom. The molecular formula is C14H19N5S. The zero-order valence-electron chi connectivity index (χ0n) is 12.1. The average molecular weight is 289 g/mol. The lowest BCUT2D eigenvalue weighted by atomic mass is 10.3. The number of hydrogen-bond acceptors (Lipinski definition) is 5. The monoisotopic (exact) mass is 289 g/mol. The van der Waals surface area contributed by atoms with Gasteiger partial charge in [-0.25, -0.2) is 4.68 Å². The van der Waals surface area contributed by atoms with Gasteiger partial charge in [0.2, 0.25) is 0 Å². The third-order valence-electron chi connectivity index (χ3n) is 3.43. The van der Waals surface area contributed by atoms with Crippen molar-refractivity contribution >= 4 is 17.6 Å². The van der Waals surface area contributed by atoms with Crippen LogP contribution in [0.2, 0.25) is 0 Å². The molecule has 20 heavy (non-hydrogen) atoms. The second kappa shape index (κ2) is 5.44. The first-order chi connectivity index (χ1) is 9.63. The van der Waals surface area contributed by atoms with Gasteiger partial charge in [0.15, 0.2) is 11.6 Å². The molecule has 5 nitrogen and oxygen atoms in total. The van der Waals surface area contributed by atoms with Crippen LogP contribution in [0.4, 0.5) is 5.82 Å². The Hall–Kier alpha value is -1.56. The Labute approximate surface area is 123 Å². The summed E-state index contributed by atoms with van der Waals surface area (Å²) >= 11 is 2.02. The highest BCUT2D eigenvalue weighted by atomic mass is 32.2. The molecule has 1 aliphatic rings. The number of hydrogen-bond donors (Lipinski definition) is 0. The highest BCUT2D eigenvalue weighted by molar-refractivity contribution is 8.00. The third-order valence-corrected chi connectivity index (χ3v) is 4.56. The molecule has 3 rings (SSSR count). The molecule has 0 saturated carbocycles. The molecule has 1 atom stereocenters. The molecule has 0 radical (unpaired) electrons. The number of rotatable bonds is 2. The Morgan fingerprint density at radius 2 is 1.95 bits per heavy atom. The fraction of sp³-hybridized carbons (Fsp3) is 0.500. The van der Waals surface area contributed by atoms with Gasteiger partial charge in [-0.1, -0.05) is 6.92 Å². The van der Waals surface area contributed by atoms with E-state index in [1.54, 1.807) is 0 Å². The molecule has 0 N–H and O–H groups in total. The van der Waals surface area contributed by atoms with Crippen LogP contribution in [0.25, 0.3) is 5.82 Å². The molecule has 1 fully saturated rings. The first kappa shape index (κ1) is 13.4. The number of anilines is 1. The highest BCUT2D eigenvalue weighted by Gasteiger charge is 2.18. The molecule has 0 unspecified atom stereocenters. The molecule has 106 valence electrons. The van der Waals surface area contributed by atoms with Gasteiger partial charge >= 0.3 is 0 Å². The van der Waals surface area contributed by atoms with E-state index in [0.29, 0.717) is 5.25 Å². The SMILES string of the molecule is Cc1cc(C)n(-c2ccc(N3CCS[C@H](C)C3)nn2)n1. The normalized spacial score (nSPS) is 19.4. The van der Waals surface area contributed by atoms with Gasteiger partial charge < -0.3 is 4.90 Å². The molecule has 2 aromatic heterocycles. The van der Waals surface area contributed by atoms with Crippen LogP contribution in [-0.2, 0) is 0 Å². The molecule has 0 aliphatic carbocycles. The number of aromatic nitrogens is 4. The zero-order chi connectivity index (χ0) is 14.1. The number of aryl methyl sites for hydroxylation is 2. The van der Waals surface area contributed by atoms with Crippen LogP contribution in [0.5, 0.6) is 0 Å². The fourth-order valence-electron chi connectivity index (χ4n) is 2.49. The van der Waals surface area contributed by atoms with Gasteiger partial charge in [0.25, 0.3) is 0 Å². The third kappa shape index (κ3) is 2.65. The van der Waals surface area contributed by atoms with Crippen LogP contribution in [0.15, 0.2) is 18.2 Å². The van der Waals surface area contributed by atoms with Crippen molar-refractivity contribution in [2.24, 2.45) is 0 Å². The molecule has 0 aromatic carbocycles. The lowest BCUT2D eigenvalue weighted by Crippen LogP contribution is -2.37. The Morgan fingerprint density at radius 3 is 2.55 bits per heavy atom. The van der Waals surface area contributed by atoms with Gasteiger partial charge in [-0.3, -0.25) is 0 Å². The van der Waals surface area contributed by atoms with E-state index in [4.69, 9.17) is 0 Å². The minimum Gasteiger partial charge on any atom is -0.353 e. The van der Waals surface area contributed by atoms with Crippen LogP contribution >= 0.6 is 11.8 Å². The summed E-state index contributed by atoms with van der Waals surface area (Å²) in [7, 11) is 0. The summed E-state index contributed by atoms with van der Waals surface area (Å²) in [6.07, 6.45) is 0. The van der Waals surface area contributed by atoms with Crippen LogP contribution in [0.3, 0.4) is 0 Å². The quantitative estimate of drug-likeness (QED) is 0.848. The molecule has 3 heterocycles. The van der Waals surface area contributed by atoms with E-state index in [0.717, 1.165) is 41.9 Å². The van der Waals surface area contributed by atoms with Crippen LogP contribution in [-0.4, -0.2) is 44.1 Å². The maximum atomic E-state index is 4.43. The minimum atomic E-state index is 0.654. The van der Waals surface area contributed by atoms with Gasteiger partial charge in [0.05, 0.1) is 5.69 Å². The van der Waals surface area contributed by atoms with E-state index < -0.39 is 0 Å². The van der Waals surface area contributed by atoms with Crippen molar-refractivity contribution in [2.45, 2.75) is 26.0 Å². The van der Waals surface area contributed by atoms with Crippen LogP contribution in [0.1, 0.15) is 18.3 Å². The molecule has 0 bridgehead atoms. The van der Waals surface area contributed by atoms with E-state index in [9.17, 15) is 0 Å². The number of nitrogens with zero attached hydrogens (tertiary/aromatic N) is 5. The Bertz CT molecular complexity index is 592. The summed E-state index contributed by atoms with van der Waals surface area (Å²) in [5, 5.41) is 13.8. The first-order valence-electron chi connectivity index (χ1n) is 6.87. The van der Waals surface area contributed by atoms with Gasteiger partial charge in [0.1, 0.15) is 0 Å². The van der Waals surface area contributed by atoms with Gasteiger partial charge in [-0.2, -0.15) is 16.9 Å². The van der Waals surface area contributed by atoms with E-state index in [1.807, 2.05) is 48.5 Å². The topological polar surface area (TPSA) is 46.8 Å². The zero-order valence-corrected chi connectivity index (χ0v) is 12.9. The van der Waals surface area contributed by atoms with Crippen molar-refractivity contribution in [1.82, 2.24) is 20.0 Å². The molecule has 6 heteroatoms. The van der Waals surface area contributed by atoms with Crippen molar-refractivity contribution in [2.75, 3.05) is 23.7 Å². The lowest BCUT2D eigenvalue weighted by Gasteiger charge is -2.31. The average Bonchev–Trinajstić information content (AvgIpc) is 2.78. The smallest absolute Gasteiger partial charge is 0.176 e. The van der Waals surface area contributed by atoms with Crippen LogP contribution in [0, 0.1) is 13.8 Å². The van der Waals surface area contributed by atoms with E-state index in [-0.39, 0.29) is 0 Å². The van der Waals surface area contributed by atoms with Crippen molar-refractivity contribution in [1.29, 1.82) is 0 Å². The van der Waals surface area contributed by atoms with Gasteiger partial charge in [-0.05, 0) is 32.0 Å². The van der Waals surface area contributed by atoms with E-state index in [1.165, 1.54) is 0 Å². The van der Waals surface area contributed by atoms with Gasteiger partial charge in [0, 0.05) is 29.8 Å². The standard InChI is InChI=1S/C14H19N5S/c1-10-8-11(2)19(17-10)14-5-4-13(15-16-14)18-6-7-20-12(3)9-18/h4-5,8,12H,6-7,9H2,1-3H3/t12-/m1/s1. The van der Waals surface area contributed by atoms with Crippen molar-refractivity contribution in [3.63, 3.8) is 0 Å². The van der Waals surface area contributed by atoms with Gasteiger partial charge in [-0.15, -0.1) is 10.2 Å². The van der Waals surface area contributed by atoms with E-state index >= 15 is 0 Å². The first-order valence-corrected chi connectivity index (χ1v) is 7.92. The minimum absolute atomic E-state index is 0.654.